The summed E-state index contributed by atoms with van der Waals surface area (Å²) in [4.78, 5) is 9.00. The quantitative estimate of drug-likeness (QED) is 0.393. The number of aromatic nitrogens is 2. The number of pyridine rings is 2. The van der Waals surface area contributed by atoms with Crippen LogP contribution in [0, 0.1) is 13.8 Å². The highest BCUT2D eigenvalue weighted by Crippen LogP contribution is 2.30. The first kappa shape index (κ1) is 21.8. The van der Waals surface area contributed by atoms with Gasteiger partial charge in [0.05, 0.1) is 0 Å². The van der Waals surface area contributed by atoms with Gasteiger partial charge in [-0.15, -0.1) is 0 Å². The molecule has 156 valence electrons. The zero-order valence-corrected chi connectivity index (χ0v) is 18.9. The van der Waals surface area contributed by atoms with Crippen LogP contribution in [-0.2, 0) is 0 Å². The summed E-state index contributed by atoms with van der Waals surface area (Å²) in [7, 11) is 0. The van der Waals surface area contributed by atoms with E-state index in [0.717, 1.165) is 24.4 Å². The van der Waals surface area contributed by atoms with Crippen LogP contribution in [0.2, 0.25) is 0 Å². The first-order chi connectivity index (χ1) is 14.5. The molecule has 0 bridgehead atoms. The van der Waals surface area contributed by atoms with Gasteiger partial charge in [-0.05, 0) is 80.0 Å². The summed E-state index contributed by atoms with van der Waals surface area (Å²) >= 11 is 0. The van der Waals surface area contributed by atoms with Gasteiger partial charge in [0.25, 0.3) is 0 Å². The Morgan fingerprint density at radius 1 is 1.00 bits per heavy atom. The van der Waals surface area contributed by atoms with E-state index < -0.39 is 0 Å². The minimum atomic E-state index is 0.874. The topological polar surface area (TPSA) is 37.8 Å². The van der Waals surface area contributed by atoms with Gasteiger partial charge in [-0.25, -0.2) is 4.98 Å². The zero-order valence-electron chi connectivity index (χ0n) is 18.9. The van der Waals surface area contributed by atoms with Crippen LogP contribution in [0.3, 0.4) is 0 Å². The molecular formula is C27H33N3. The maximum atomic E-state index is 4.68. The Balaban J connectivity index is 1.96. The lowest BCUT2D eigenvalue weighted by Crippen LogP contribution is -2.00. The average Bonchev–Trinajstić information content (AvgIpc) is 2.73. The summed E-state index contributed by atoms with van der Waals surface area (Å²) in [6.07, 6.45) is 14.8. The predicted octanol–water partition coefficient (Wildman–Crippen LogP) is 7.76. The standard InChI is InChI=1S/C27H33N3/c1-6-9-21(10-7-2)14-24(8-3)30-27-16-23-15-22(13-20(5)26(23)18-29-27)25-17-28-12-11-19(25)4/h8,11-18H,6-7,9-10H2,1-5H3,(H,29,30)/b24-8-. The van der Waals surface area contributed by atoms with E-state index in [1.165, 1.54) is 51.4 Å². The molecule has 0 radical (unpaired) electrons. The molecule has 30 heavy (non-hydrogen) atoms. The summed E-state index contributed by atoms with van der Waals surface area (Å²) in [5.41, 5.74) is 7.43. The Kier molecular flexibility index (Phi) is 7.40. The molecule has 0 saturated carbocycles. The van der Waals surface area contributed by atoms with Crippen molar-refractivity contribution in [3.05, 3.63) is 77.4 Å². The molecule has 0 amide bonds. The van der Waals surface area contributed by atoms with Crippen LogP contribution >= 0.6 is 0 Å². The summed E-state index contributed by atoms with van der Waals surface area (Å²) in [6, 6.07) is 8.67. The fraction of sp³-hybridized carbons (Fsp3) is 0.333. The minimum absolute atomic E-state index is 0.874. The predicted molar refractivity (Wildman–Crippen MR) is 130 cm³/mol. The van der Waals surface area contributed by atoms with Crippen LogP contribution in [0.15, 0.2) is 66.3 Å². The molecule has 0 aliphatic carbocycles. The van der Waals surface area contributed by atoms with Gasteiger partial charge in [-0.2, -0.15) is 0 Å². The van der Waals surface area contributed by atoms with Gasteiger partial charge in [0.2, 0.25) is 0 Å². The van der Waals surface area contributed by atoms with Crippen molar-refractivity contribution in [2.45, 2.75) is 60.3 Å². The Labute approximate surface area is 181 Å². The second-order valence-electron chi connectivity index (χ2n) is 7.95. The molecule has 2 aromatic heterocycles. The van der Waals surface area contributed by atoms with Crippen molar-refractivity contribution in [2.24, 2.45) is 0 Å². The van der Waals surface area contributed by atoms with Crippen molar-refractivity contribution in [3.8, 4) is 11.1 Å². The Bertz CT molecular complexity index is 1070. The molecule has 3 heteroatoms. The normalized spacial score (nSPS) is 11.6. The average molecular weight is 400 g/mol. The van der Waals surface area contributed by atoms with Crippen LogP contribution in [0.1, 0.15) is 57.6 Å². The van der Waals surface area contributed by atoms with E-state index in [1.54, 1.807) is 0 Å². The fourth-order valence-electron chi connectivity index (χ4n) is 3.90. The lowest BCUT2D eigenvalue weighted by Gasteiger charge is -2.13. The molecule has 0 atom stereocenters. The summed E-state index contributed by atoms with van der Waals surface area (Å²) in [6.45, 7) is 10.8. The van der Waals surface area contributed by atoms with E-state index in [9.17, 15) is 0 Å². The highest BCUT2D eigenvalue weighted by molar-refractivity contribution is 5.91. The van der Waals surface area contributed by atoms with Crippen LogP contribution in [0.4, 0.5) is 5.82 Å². The number of nitrogens with zero attached hydrogens (tertiary/aromatic N) is 2. The molecule has 0 spiro atoms. The summed E-state index contributed by atoms with van der Waals surface area (Å²) in [5, 5.41) is 5.89. The number of benzene rings is 1. The zero-order chi connectivity index (χ0) is 21.5. The molecule has 0 fully saturated rings. The molecular weight excluding hydrogens is 366 g/mol. The van der Waals surface area contributed by atoms with E-state index in [0.29, 0.717) is 0 Å². The maximum Gasteiger partial charge on any atom is 0.130 e. The summed E-state index contributed by atoms with van der Waals surface area (Å²) < 4.78 is 0. The largest absolute Gasteiger partial charge is 0.341 e. The van der Waals surface area contributed by atoms with Crippen LogP contribution in [0.5, 0.6) is 0 Å². The van der Waals surface area contributed by atoms with Crippen molar-refractivity contribution in [1.29, 1.82) is 0 Å². The number of hydrogen-bond acceptors (Lipinski definition) is 3. The van der Waals surface area contributed by atoms with Gasteiger partial charge in [0, 0.05) is 35.2 Å². The first-order valence-corrected chi connectivity index (χ1v) is 11.0. The van der Waals surface area contributed by atoms with Crippen LogP contribution < -0.4 is 5.32 Å². The van der Waals surface area contributed by atoms with Gasteiger partial charge in [-0.1, -0.05) is 44.4 Å². The van der Waals surface area contributed by atoms with Crippen LogP contribution in [0.25, 0.3) is 21.9 Å². The number of allylic oxidation sites excluding steroid dienone is 3. The molecule has 0 unspecified atom stereocenters. The lowest BCUT2D eigenvalue weighted by molar-refractivity contribution is 0.802. The lowest BCUT2D eigenvalue weighted by atomic mass is 9.97. The smallest absolute Gasteiger partial charge is 0.130 e. The summed E-state index contributed by atoms with van der Waals surface area (Å²) in [5.74, 6) is 0.874. The van der Waals surface area contributed by atoms with E-state index in [2.05, 4.69) is 86.3 Å². The van der Waals surface area contributed by atoms with Crippen molar-refractivity contribution in [3.63, 3.8) is 0 Å². The third-order valence-electron chi connectivity index (χ3n) is 5.48. The van der Waals surface area contributed by atoms with Crippen molar-refractivity contribution < 1.29 is 0 Å². The van der Waals surface area contributed by atoms with Gasteiger partial charge in [-0.3, -0.25) is 4.98 Å². The van der Waals surface area contributed by atoms with Gasteiger partial charge >= 0.3 is 0 Å². The van der Waals surface area contributed by atoms with Crippen LogP contribution in [-0.4, -0.2) is 9.97 Å². The second-order valence-corrected chi connectivity index (χ2v) is 7.95. The first-order valence-electron chi connectivity index (χ1n) is 11.0. The van der Waals surface area contributed by atoms with Crippen molar-refractivity contribution in [2.75, 3.05) is 5.32 Å². The fourth-order valence-corrected chi connectivity index (χ4v) is 3.90. The Hall–Kier alpha value is -2.94. The van der Waals surface area contributed by atoms with E-state index in [1.807, 2.05) is 18.6 Å². The molecule has 0 aliphatic heterocycles. The van der Waals surface area contributed by atoms with Gasteiger partial charge in [0.1, 0.15) is 5.82 Å². The van der Waals surface area contributed by atoms with E-state index in [-0.39, 0.29) is 0 Å². The number of hydrogen-bond donors (Lipinski definition) is 1. The van der Waals surface area contributed by atoms with Gasteiger partial charge < -0.3 is 5.32 Å². The monoisotopic (exact) mass is 399 g/mol. The maximum absolute atomic E-state index is 4.68. The third-order valence-corrected chi connectivity index (χ3v) is 5.48. The van der Waals surface area contributed by atoms with Gasteiger partial charge in [0.15, 0.2) is 0 Å². The van der Waals surface area contributed by atoms with Crippen molar-refractivity contribution >= 4 is 16.6 Å². The Morgan fingerprint density at radius 3 is 2.43 bits per heavy atom. The molecule has 1 aromatic carbocycles. The SMILES string of the molecule is C/C=C(/C=C(CCC)CCC)Nc1cc2cc(-c3cnccc3C)cc(C)c2cn1. The number of rotatable bonds is 8. The molecule has 0 aliphatic rings. The molecule has 3 rings (SSSR count). The highest BCUT2D eigenvalue weighted by Gasteiger charge is 2.08. The molecule has 3 aromatic rings. The van der Waals surface area contributed by atoms with E-state index in [4.69, 9.17) is 0 Å². The minimum Gasteiger partial charge on any atom is -0.341 e. The molecule has 3 nitrogen and oxygen atoms in total. The van der Waals surface area contributed by atoms with Crippen molar-refractivity contribution in [1.82, 2.24) is 9.97 Å². The highest BCUT2D eigenvalue weighted by atomic mass is 15.0. The second kappa shape index (κ2) is 10.2. The molecule has 0 saturated heterocycles. The van der Waals surface area contributed by atoms with E-state index >= 15 is 0 Å². The number of aryl methyl sites for hydroxylation is 2. The number of nitrogens with one attached hydrogen (secondary N) is 1. The molecule has 1 N–H and O–H groups in total. The number of anilines is 1. The Morgan fingerprint density at radius 2 is 1.77 bits per heavy atom. The number of fused-ring (bicyclic) bond motifs is 1. The molecule has 2 heterocycles. The third kappa shape index (κ3) is 5.15.